The molecule has 5 nitrogen and oxygen atoms in total. The molecular formula is C12H16N4O. The molecule has 3 rings (SSSR count). The normalized spacial score (nSPS) is 20.6. The summed E-state index contributed by atoms with van der Waals surface area (Å²) in [6.07, 6.45) is 5.49. The van der Waals surface area contributed by atoms with Crippen LogP contribution in [0.4, 0.5) is 0 Å². The second kappa shape index (κ2) is 4.33. The average molecular weight is 232 g/mol. The first-order valence-electron chi connectivity index (χ1n) is 6.01. The lowest BCUT2D eigenvalue weighted by molar-refractivity contribution is 0.397. The molecule has 1 fully saturated rings. The van der Waals surface area contributed by atoms with Gasteiger partial charge in [0.15, 0.2) is 17.2 Å². The summed E-state index contributed by atoms with van der Waals surface area (Å²) in [6, 6.07) is 4.11. The Hall–Kier alpha value is -1.62. The van der Waals surface area contributed by atoms with Crippen LogP contribution in [0.5, 0.6) is 5.75 Å². The minimum Gasteiger partial charge on any atom is -0.493 e. The van der Waals surface area contributed by atoms with Crippen molar-refractivity contribution in [2.75, 3.05) is 13.7 Å². The Morgan fingerprint density at radius 3 is 3.18 bits per heavy atom. The van der Waals surface area contributed by atoms with E-state index >= 15 is 0 Å². The number of hydrogen-bond donors (Lipinski definition) is 1. The molecule has 1 aliphatic rings. The molecule has 2 aromatic heterocycles. The number of methoxy groups -OCH3 is 1. The standard InChI is InChI=1S/C12H16N4O/c1-17-10-6-4-8-16-12(10)14-11(15-16)9-5-2-3-7-13-9/h4,6,8-9,13H,2-3,5,7H2,1H3. The van der Waals surface area contributed by atoms with Crippen LogP contribution in [-0.4, -0.2) is 28.3 Å². The number of fused-ring (bicyclic) bond motifs is 1. The van der Waals surface area contributed by atoms with Crippen molar-refractivity contribution in [1.29, 1.82) is 0 Å². The van der Waals surface area contributed by atoms with Gasteiger partial charge in [-0.15, -0.1) is 5.10 Å². The van der Waals surface area contributed by atoms with Gasteiger partial charge in [-0.3, -0.25) is 0 Å². The van der Waals surface area contributed by atoms with E-state index in [4.69, 9.17) is 4.74 Å². The van der Waals surface area contributed by atoms with Crippen molar-refractivity contribution < 1.29 is 4.74 Å². The molecule has 1 atom stereocenters. The molecule has 2 aromatic rings. The fourth-order valence-corrected chi connectivity index (χ4v) is 2.28. The molecule has 3 heterocycles. The second-order valence-corrected chi connectivity index (χ2v) is 4.32. The number of piperidine rings is 1. The summed E-state index contributed by atoms with van der Waals surface area (Å²) >= 11 is 0. The number of ether oxygens (including phenoxy) is 1. The predicted molar refractivity (Wildman–Crippen MR) is 64.1 cm³/mol. The van der Waals surface area contributed by atoms with Crippen LogP contribution >= 0.6 is 0 Å². The smallest absolute Gasteiger partial charge is 0.198 e. The average Bonchev–Trinajstić information content (AvgIpc) is 2.83. The van der Waals surface area contributed by atoms with Crippen LogP contribution in [0.3, 0.4) is 0 Å². The van der Waals surface area contributed by atoms with Crippen molar-refractivity contribution in [1.82, 2.24) is 19.9 Å². The minimum absolute atomic E-state index is 0.286. The topological polar surface area (TPSA) is 51.5 Å². The number of rotatable bonds is 2. The molecule has 1 N–H and O–H groups in total. The van der Waals surface area contributed by atoms with Gasteiger partial charge in [0.2, 0.25) is 0 Å². The van der Waals surface area contributed by atoms with Gasteiger partial charge in [0, 0.05) is 6.20 Å². The van der Waals surface area contributed by atoms with Crippen LogP contribution in [0.1, 0.15) is 31.1 Å². The van der Waals surface area contributed by atoms with Gasteiger partial charge in [-0.1, -0.05) is 6.42 Å². The summed E-state index contributed by atoms with van der Waals surface area (Å²) in [5.41, 5.74) is 0.789. The first kappa shape index (κ1) is 10.5. The molecule has 17 heavy (non-hydrogen) atoms. The summed E-state index contributed by atoms with van der Waals surface area (Å²) in [7, 11) is 1.66. The zero-order valence-electron chi connectivity index (χ0n) is 9.89. The van der Waals surface area contributed by atoms with E-state index in [-0.39, 0.29) is 6.04 Å². The molecule has 0 saturated carbocycles. The minimum atomic E-state index is 0.286. The molecule has 90 valence electrons. The van der Waals surface area contributed by atoms with Crippen molar-refractivity contribution in [3.05, 3.63) is 24.2 Å². The van der Waals surface area contributed by atoms with Crippen LogP contribution in [-0.2, 0) is 0 Å². The number of nitrogens with zero attached hydrogens (tertiary/aromatic N) is 3. The highest BCUT2D eigenvalue weighted by Gasteiger charge is 2.20. The van der Waals surface area contributed by atoms with Crippen molar-refractivity contribution in [3.8, 4) is 5.75 Å². The molecule has 1 saturated heterocycles. The highest BCUT2D eigenvalue weighted by Crippen LogP contribution is 2.23. The molecule has 0 aliphatic carbocycles. The van der Waals surface area contributed by atoms with Gasteiger partial charge in [-0.2, -0.15) is 0 Å². The number of hydrogen-bond acceptors (Lipinski definition) is 4. The first-order chi connectivity index (χ1) is 8.38. The molecule has 5 heteroatoms. The number of pyridine rings is 1. The summed E-state index contributed by atoms with van der Waals surface area (Å²) in [5.74, 6) is 1.64. The van der Waals surface area contributed by atoms with Crippen LogP contribution in [0.2, 0.25) is 0 Å². The molecule has 1 aliphatic heterocycles. The van der Waals surface area contributed by atoms with Gasteiger partial charge in [-0.25, -0.2) is 9.50 Å². The Morgan fingerprint density at radius 1 is 1.47 bits per heavy atom. The SMILES string of the molecule is COc1cccn2nc(C3CCCCN3)nc12. The van der Waals surface area contributed by atoms with E-state index in [0.717, 1.165) is 30.2 Å². The maximum atomic E-state index is 5.28. The lowest BCUT2D eigenvalue weighted by Crippen LogP contribution is -2.27. The van der Waals surface area contributed by atoms with Gasteiger partial charge in [0.25, 0.3) is 0 Å². The fourth-order valence-electron chi connectivity index (χ4n) is 2.28. The monoisotopic (exact) mass is 232 g/mol. The third kappa shape index (κ3) is 1.86. The summed E-state index contributed by atoms with van der Waals surface area (Å²) < 4.78 is 7.07. The van der Waals surface area contributed by atoms with Crippen molar-refractivity contribution >= 4 is 5.65 Å². The zero-order chi connectivity index (χ0) is 11.7. The van der Waals surface area contributed by atoms with E-state index in [0.29, 0.717) is 0 Å². The molecule has 0 spiro atoms. The molecule has 0 radical (unpaired) electrons. The maximum absolute atomic E-state index is 5.28. The Balaban J connectivity index is 2.00. The van der Waals surface area contributed by atoms with Crippen LogP contribution < -0.4 is 10.1 Å². The van der Waals surface area contributed by atoms with Gasteiger partial charge in [0.05, 0.1) is 13.2 Å². The van der Waals surface area contributed by atoms with E-state index < -0.39 is 0 Å². The molecule has 1 unspecified atom stereocenters. The molecular weight excluding hydrogens is 216 g/mol. The Bertz CT molecular complexity index is 516. The molecule has 0 aromatic carbocycles. The van der Waals surface area contributed by atoms with Crippen LogP contribution in [0, 0.1) is 0 Å². The van der Waals surface area contributed by atoms with Gasteiger partial charge in [-0.05, 0) is 31.5 Å². The van der Waals surface area contributed by atoms with Crippen molar-refractivity contribution in [2.24, 2.45) is 0 Å². The van der Waals surface area contributed by atoms with E-state index in [1.807, 2.05) is 18.3 Å². The van der Waals surface area contributed by atoms with Gasteiger partial charge in [0.1, 0.15) is 0 Å². The highest BCUT2D eigenvalue weighted by atomic mass is 16.5. The third-order valence-electron chi connectivity index (χ3n) is 3.18. The van der Waals surface area contributed by atoms with Gasteiger partial charge >= 0.3 is 0 Å². The highest BCUT2D eigenvalue weighted by molar-refractivity contribution is 5.52. The van der Waals surface area contributed by atoms with Crippen LogP contribution in [0.25, 0.3) is 5.65 Å². The lowest BCUT2D eigenvalue weighted by Gasteiger charge is -2.20. The number of aromatic nitrogens is 3. The van der Waals surface area contributed by atoms with E-state index in [9.17, 15) is 0 Å². The van der Waals surface area contributed by atoms with E-state index in [2.05, 4.69) is 15.4 Å². The number of nitrogens with one attached hydrogen (secondary N) is 1. The van der Waals surface area contributed by atoms with Crippen molar-refractivity contribution in [2.45, 2.75) is 25.3 Å². The van der Waals surface area contributed by atoms with Gasteiger partial charge < -0.3 is 10.1 Å². The quantitative estimate of drug-likeness (QED) is 0.853. The van der Waals surface area contributed by atoms with Crippen molar-refractivity contribution in [3.63, 3.8) is 0 Å². The molecule has 0 bridgehead atoms. The Labute approximate surface area is 99.8 Å². The van der Waals surface area contributed by atoms with E-state index in [1.165, 1.54) is 12.8 Å². The first-order valence-corrected chi connectivity index (χ1v) is 6.01. The summed E-state index contributed by atoms with van der Waals surface area (Å²) in [6.45, 7) is 1.05. The summed E-state index contributed by atoms with van der Waals surface area (Å²) in [5, 5.41) is 7.96. The maximum Gasteiger partial charge on any atom is 0.198 e. The third-order valence-corrected chi connectivity index (χ3v) is 3.18. The molecule has 0 amide bonds. The second-order valence-electron chi connectivity index (χ2n) is 4.32. The van der Waals surface area contributed by atoms with Crippen LogP contribution in [0.15, 0.2) is 18.3 Å². The predicted octanol–water partition coefficient (Wildman–Crippen LogP) is 1.55. The fraction of sp³-hybridized carbons (Fsp3) is 0.500. The Morgan fingerprint density at radius 2 is 2.41 bits per heavy atom. The Kier molecular flexibility index (Phi) is 2.68. The van der Waals surface area contributed by atoms with E-state index in [1.54, 1.807) is 11.6 Å². The summed E-state index contributed by atoms with van der Waals surface area (Å²) in [4.78, 5) is 4.57. The largest absolute Gasteiger partial charge is 0.493 e. The zero-order valence-corrected chi connectivity index (χ0v) is 9.89. The lowest BCUT2D eigenvalue weighted by atomic mass is 10.0.